The molecule has 0 spiro atoms. The van der Waals surface area contributed by atoms with Crippen molar-refractivity contribution in [1.82, 2.24) is 0 Å². The molecule has 0 amide bonds. The molecule has 1 atom stereocenters. The highest BCUT2D eigenvalue weighted by Crippen LogP contribution is 2.47. The van der Waals surface area contributed by atoms with E-state index in [0.717, 1.165) is 6.08 Å². The van der Waals surface area contributed by atoms with E-state index in [4.69, 9.17) is 0 Å². The molecule has 1 aliphatic carbocycles. The number of alkyl halides is 6. The Bertz CT molecular complexity index is 241. The van der Waals surface area contributed by atoms with E-state index in [9.17, 15) is 26.3 Å². The Hall–Kier alpha value is -0.680. The SMILES string of the molecule is FC(F)C(F)(C1=CCCC1)C(F)(F)F. The van der Waals surface area contributed by atoms with Crippen LogP contribution in [0.25, 0.3) is 0 Å². The van der Waals surface area contributed by atoms with Crippen molar-refractivity contribution in [3.05, 3.63) is 11.6 Å². The van der Waals surface area contributed by atoms with Gasteiger partial charge in [-0.05, 0) is 24.8 Å². The molecular weight excluding hydrogens is 210 g/mol. The van der Waals surface area contributed by atoms with Crippen LogP contribution in [0.4, 0.5) is 26.3 Å². The van der Waals surface area contributed by atoms with E-state index in [-0.39, 0.29) is 12.8 Å². The van der Waals surface area contributed by atoms with Gasteiger partial charge in [0.15, 0.2) is 0 Å². The molecule has 82 valence electrons. The van der Waals surface area contributed by atoms with Gasteiger partial charge in [0.25, 0.3) is 12.1 Å². The Kier molecular flexibility index (Phi) is 2.83. The quantitative estimate of drug-likeness (QED) is 0.490. The molecule has 0 aromatic rings. The zero-order valence-corrected chi connectivity index (χ0v) is 7.04. The topological polar surface area (TPSA) is 0 Å². The van der Waals surface area contributed by atoms with Gasteiger partial charge in [-0.3, -0.25) is 0 Å². The maximum Gasteiger partial charge on any atom is 0.432 e. The largest absolute Gasteiger partial charge is 0.432 e. The average molecular weight is 218 g/mol. The van der Waals surface area contributed by atoms with Crippen molar-refractivity contribution in [1.29, 1.82) is 0 Å². The van der Waals surface area contributed by atoms with Crippen LogP contribution in [0.1, 0.15) is 19.3 Å². The van der Waals surface area contributed by atoms with Crippen LogP contribution in [0.15, 0.2) is 11.6 Å². The number of halogens is 6. The predicted octanol–water partition coefficient (Wildman–Crippen LogP) is 3.63. The van der Waals surface area contributed by atoms with Crippen LogP contribution in [-0.2, 0) is 0 Å². The Morgan fingerprint density at radius 2 is 1.71 bits per heavy atom. The Balaban J connectivity index is 3.04. The molecule has 0 nitrogen and oxygen atoms in total. The molecule has 14 heavy (non-hydrogen) atoms. The first kappa shape index (κ1) is 11.4. The van der Waals surface area contributed by atoms with Crippen molar-refractivity contribution in [3.8, 4) is 0 Å². The molecule has 0 saturated heterocycles. The summed E-state index contributed by atoms with van der Waals surface area (Å²) in [7, 11) is 0. The van der Waals surface area contributed by atoms with Crippen LogP contribution < -0.4 is 0 Å². The van der Waals surface area contributed by atoms with Crippen molar-refractivity contribution in [2.45, 2.75) is 37.5 Å². The molecule has 0 saturated carbocycles. The molecule has 6 heteroatoms. The molecular formula is C8H8F6. The fourth-order valence-corrected chi connectivity index (χ4v) is 1.45. The van der Waals surface area contributed by atoms with E-state index in [1.54, 1.807) is 0 Å². The summed E-state index contributed by atoms with van der Waals surface area (Å²) < 4.78 is 73.7. The number of hydrogen-bond acceptors (Lipinski definition) is 0. The molecule has 0 fully saturated rings. The lowest BCUT2D eigenvalue weighted by molar-refractivity contribution is -0.252. The maximum absolute atomic E-state index is 13.2. The summed E-state index contributed by atoms with van der Waals surface area (Å²) >= 11 is 0. The molecule has 0 aromatic carbocycles. The van der Waals surface area contributed by atoms with Gasteiger partial charge in [0.05, 0.1) is 0 Å². The van der Waals surface area contributed by atoms with Gasteiger partial charge >= 0.3 is 6.18 Å². The van der Waals surface area contributed by atoms with Crippen molar-refractivity contribution in [2.75, 3.05) is 0 Å². The summed E-state index contributed by atoms with van der Waals surface area (Å²) in [6, 6.07) is 0. The van der Waals surface area contributed by atoms with Crippen LogP contribution >= 0.6 is 0 Å². The van der Waals surface area contributed by atoms with Crippen LogP contribution in [0.2, 0.25) is 0 Å². The first-order chi connectivity index (χ1) is 6.30. The first-order valence-electron chi connectivity index (χ1n) is 4.03. The number of rotatable bonds is 2. The summed E-state index contributed by atoms with van der Waals surface area (Å²) in [6.45, 7) is 0. The fourth-order valence-electron chi connectivity index (χ4n) is 1.45. The minimum atomic E-state index is -5.54. The molecule has 0 aromatic heterocycles. The van der Waals surface area contributed by atoms with Gasteiger partial charge in [-0.1, -0.05) is 6.08 Å². The van der Waals surface area contributed by atoms with Crippen molar-refractivity contribution >= 4 is 0 Å². The van der Waals surface area contributed by atoms with Gasteiger partial charge in [0, 0.05) is 0 Å². The minimum Gasteiger partial charge on any atom is -0.222 e. The van der Waals surface area contributed by atoms with Gasteiger partial charge < -0.3 is 0 Å². The van der Waals surface area contributed by atoms with Crippen LogP contribution in [0, 0.1) is 0 Å². The summed E-state index contributed by atoms with van der Waals surface area (Å²) in [5, 5.41) is 0. The van der Waals surface area contributed by atoms with Gasteiger partial charge in [-0.2, -0.15) is 13.2 Å². The smallest absolute Gasteiger partial charge is 0.222 e. The monoisotopic (exact) mass is 218 g/mol. The van der Waals surface area contributed by atoms with Crippen LogP contribution in [0.5, 0.6) is 0 Å². The van der Waals surface area contributed by atoms with E-state index in [2.05, 4.69) is 0 Å². The highest BCUT2D eigenvalue weighted by molar-refractivity contribution is 5.24. The van der Waals surface area contributed by atoms with E-state index in [1.165, 1.54) is 0 Å². The van der Waals surface area contributed by atoms with Gasteiger partial charge in [0.1, 0.15) is 0 Å². The standard InChI is InChI=1S/C8H8F6/c9-6(10)7(11,8(12,13)14)5-3-1-2-4-5/h3,6H,1-2,4H2. The maximum atomic E-state index is 13.2. The zero-order chi connectivity index (χ0) is 11.0. The van der Waals surface area contributed by atoms with E-state index in [0.29, 0.717) is 6.42 Å². The average Bonchev–Trinajstić information content (AvgIpc) is 2.52. The molecule has 0 bridgehead atoms. The molecule has 0 heterocycles. The first-order valence-corrected chi connectivity index (χ1v) is 4.03. The third-order valence-corrected chi connectivity index (χ3v) is 2.22. The fraction of sp³-hybridized carbons (Fsp3) is 0.750. The van der Waals surface area contributed by atoms with Crippen molar-refractivity contribution in [2.24, 2.45) is 0 Å². The summed E-state index contributed by atoms with van der Waals surface area (Å²) in [6.07, 6.45) is -8.42. The van der Waals surface area contributed by atoms with E-state index in [1.807, 2.05) is 0 Å². The van der Waals surface area contributed by atoms with Gasteiger partial charge in [-0.15, -0.1) is 0 Å². The minimum absolute atomic E-state index is 0.226. The number of allylic oxidation sites excluding steroid dienone is 2. The van der Waals surface area contributed by atoms with Crippen molar-refractivity contribution in [3.63, 3.8) is 0 Å². The molecule has 1 aliphatic rings. The summed E-state index contributed by atoms with van der Waals surface area (Å²) in [5.74, 6) is 0. The Morgan fingerprint density at radius 1 is 1.14 bits per heavy atom. The number of hydrogen-bond donors (Lipinski definition) is 0. The van der Waals surface area contributed by atoms with Gasteiger partial charge in [0.2, 0.25) is 0 Å². The molecule has 0 aliphatic heterocycles. The predicted molar refractivity (Wildman–Crippen MR) is 37.8 cm³/mol. The van der Waals surface area contributed by atoms with Crippen molar-refractivity contribution < 1.29 is 26.3 Å². The van der Waals surface area contributed by atoms with E-state index < -0.39 is 23.8 Å². The highest BCUT2D eigenvalue weighted by atomic mass is 19.4. The molecule has 1 unspecified atom stereocenters. The van der Waals surface area contributed by atoms with Gasteiger partial charge in [-0.25, -0.2) is 13.2 Å². The van der Waals surface area contributed by atoms with Crippen LogP contribution in [0.3, 0.4) is 0 Å². The summed E-state index contributed by atoms with van der Waals surface area (Å²) in [4.78, 5) is 0. The lowest BCUT2D eigenvalue weighted by Crippen LogP contribution is -2.48. The molecule has 0 N–H and O–H groups in total. The van der Waals surface area contributed by atoms with Crippen LogP contribution in [-0.4, -0.2) is 18.3 Å². The normalized spacial score (nSPS) is 22.4. The Labute approximate surface area is 76.6 Å². The lowest BCUT2D eigenvalue weighted by Gasteiger charge is -2.28. The Morgan fingerprint density at radius 3 is 2.00 bits per heavy atom. The lowest BCUT2D eigenvalue weighted by atomic mass is 9.95. The molecule has 1 rings (SSSR count). The second-order valence-corrected chi connectivity index (χ2v) is 3.13. The zero-order valence-electron chi connectivity index (χ0n) is 7.04. The third kappa shape index (κ3) is 1.62. The second-order valence-electron chi connectivity index (χ2n) is 3.13. The third-order valence-electron chi connectivity index (χ3n) is 2.22. The second kappa shape index (κ2) is 3.47. The highest BCUT2D eigenvalue weighted by Gasteiger charge is 2.64. The summed E-state index contributed by atoms with van der Waals surface area (Å²) in [5.41, 5.74) is -5.29. The van der Waals surface area contributed by atoms with E-state index >= 15 is 0 Å². The molecule has 0 radical (unpaired) electrons.